The summed E-state index contributed by atoms with van der Waals surface area (Å²) in [5.41, 5.74) is 1.98. The first kappa shape index (κ1) is 19.0. The molecule has 1 aliphatic rings. The summed E-state index contributed by atoms with van der Waals surface area (Å²) in [6.45, 7) is 3.21. The fourth-order valence-electron chi connectivity index (χ4n) is 3.26. The molecule has 0 saturated carbocycles. The lowest BCUT2D eigenvalue weighted by Crippen LogP contribution is -2.50. The molecule has 2 aromatic rings. The summed E-state index contributed by atoms with van der Waals surface area (Å²) < 4.78 is 0. The fraction of sp³-hybridized carbons (Fsp3) is 0.381. The van der Waals surface area contributed by atoms with Gasteiger partial charge in [-0.25, -0.2) is 0 Å². The zero-order valence-corrected chi connectivity index (χ0v) is 15.7. The van der Waals surface area contributed by atoms with Gasteiger partial charge in [0.25, 0.3) is 0 Å². The highest BCUT2D eigenvalue weighted by molar-refractivity contribution is 5.88. The van der Waals surface area contributed by atoms with Crippen LogP contribution in [0.25, 0.3) is 0 Å². The summed E-state index contributed by atoms with van der Waals surface area (Å²) in [6, 6.07) is 13.5. The van der Waals surface area contributed by atoms with Gasteiger partial charge in [0.2, 0.25) is 11.8 Å². The minimum absolute atomic E-state index is 0.0211. The molecule has 1 N–H and O–H groups in total. The first-order valence-electron chi connectivity index (χ1n) is 9.31. The normalized spacial score (nSPS) is 16.0. The molecule has 1 unspecified atom stereocenters. The van der Waals surface area contributed by atoms with E-state index in [-0.39, 0.29) is 24.3 Å². The van der Waals surface area contributed by atoms with E-state index in [0.29, 0.717) is 19.5 Å². The maximum atomic E-state index is 12.9. The number of pyridine rings is 1. The number of nitrogens with one attached hydrogen (secondary N) is 1. The maximum Gasteiger partial charge on any atom is 0.242 e. The second-order valence-corrected chi connectivity index (χ2v) is 6.92. The van der Waals surface area contributed by atoms with Crippen LogP contribution in [-0.4, -0.2) is 66.4 Å². The Labute approximate surface area is 160 Å². The largest absolute Gasteiger partial charge is 0.346 e. The van der Waals surface area contributed by atoms with Crippen LogP contribution in [0.5, 0.6) is 0 Å². The molecule has 0 aliphatic carbocycles. The molecule has 1 fully saturated rings. The highest BCUT2D eigenvalue weighted by Gasteiger charge is 2.23. The molecule has 142 valence electrons. The number of carbonyl (C=O) groups is 2. The Morgan fingerprint density at radius 3 is 2.37 bits per heavy atom. The second kappa shape index (κ2) is 9.28. The zero-order valence-electron chi connectivity index (χ0n) is 15.7. The Hall–Kier alpha value is -2.73. The van der Waals surface area contributed by atoms with Gasteiger partial charge in [0.05, 0.1) is 12.5 Å². The van der Waals surface area contributed by atoms with Crippen LogP contribution in [0.2, 0.25) is 0 Å². The van der Waals surface area contributed by atoms with Gasteiger partial charge < -0.3 is 15.1 Å². The van der Waals surface area contributed by atoms with E-state index in [0.717, 1.165) is 24.2 Å². The quantitative estimate of drug-likeness (QED) is 0.837. The molecule has 6 heteroatoms. The zero-order chi connectivity index (χ0) is 19.1. The van der Waals surface area contributed by atoms with Crippen molar-refractivity contribution in [3.05, 3.63) is 66.0 Å². The van der Waals surface area contributed by atoms with Gasteiger partial charge in [-0.1, -0.05) is 30.3 Å². The lowest BCUT2D eigenvalue weighted by Gasteiger charge is -2.32. The number of carbonyl (C=O) groups excluding carboxylic acids is 2. The van der Waals surface area contributed by atoms with E-state index in [4.69, 9.17) is 0 Å². The predicted molar refractivity (Wildman–Crippen MR) is 104 cm³/mol. The SMILES string of the molecule is CN1CCN(C(=O)CNC(=O)C(Cc2ccncc2)c2ccccc2)CC1. The maximum absolute atomic E-state index is 12.9. The molecule has 0 bridgehead atoms. The van der Waals surface area contributed by atoms with Crippen molar-refractivity contribution in [3.8, 4) is 0 Å². The van der Waals surface area contributed by atoms with Gasteiger partial charge in [0, 0.05) is 38.6 Å². The molecule has 1 atom stereocenters. The van der Waals surface area contributed by atoms with Crippen LogP contribution in [-0.2, 0) is 16.0 Å². The first-order chi connectivity index (χ1) is 13.1. The average molecular weight is 366 g/mol. The molecule has 2 amide bonds. The van der Waals surface area contributed by atoms with E-state index in [9.17, 15) is 9.59 Å². The standard InChI is InChI=1S/C21H26N4O2/c1-24-11-13-25(14-12-24)20(26)16-23-21(27)19(18-5-3-2-4-6-18)15-17-7-9-22-10-8-17/h2-10,19H,11-16H2,1H3,(H,23,27). The van der Waals surface area contributed by atoms with Crippen LogP contribution in [0.4, 0.5) is 0 Å². The van der Waals surface area contributed by atoms with E-state index in [2.05, 4.69) is 15.2 Å². The number of benzene rings is 1. The van der Waals surface area contributed by atoms with Crippen LogP contribution in [0.15, 0.2) is 54.9 Å². The molecule has 1 aromatic carbocycles. The van der Waals surface area contributed by atoms with Crippen molar-refractivity contribution in [3.63, 3.8) is 0 Å². The third-order valence-corrected chi connectivity index (χ3v) is 4.98. The third kappa shape index (κ3) is 5.37. The summed E-state index contributed by atoms with van der Waals surface area (Å²) >= 11 is 0. The minimum Gasteiger partial charge on any atom is -0.346 e. The van der Waals surface area contributed by atoms with Crippen molar-refractivity contribution < 1.29 is 9.59 Å². The van der Waals surface area contributed by atoms with Gasteiger partial charge in [0.15, 0.2) is 0 Å². The molecule has 0 spiro atoms. The Balaban J connectivity index is 1.63. The number of piperazine rings is 1. The lowest BCUT2D eigenvalue weighted by molar-refractivity contribution is -0.134. The fourth-order valence-corrected chi connectivity index (χ4v) is 3.26. The van der Waals surface area contributed by atoms with E-state index in [1.165, 1.54) is 0 Å². The third-order valence-electron chi connectivity index (χ3n) is 4.98. The van der Waals surface area contributed by atoms with Crippen LogP contribution >= 0.6 is 0 Å². The Morgan fingerprint density at radius 1 is 1.04 bits per heavy atom. The van der Waals surface area contributed by atoms with Crippen LogP contribution in [0.1, 0.15) is 17.0 Å². The number of amides is 2. The van der Waals surface area contributed by atoms with Gasteiger partial charge in [-0.15, -0.1) is 0 Å². The summed E-state index contributed by atoms with van der Waals surface area (Å²) in [7, 11) is 2.05. The first-order valence-corrected chi connectivity index (χ1v) is 9.31. The Kier molecular flexibility index (Phi) is 6.54. The van der Waals surface area contributed by atoms with Crippen molar-refractivity contribution in [1.29, 1.82) is 0 Å². The Bertz CT molecular complexity index is 743. The summed E-state index contributed by atoms with van der Waals surface area (Å²) in [4.78, 5) is 33.3. The van der Waals surface area contributed by atoms with E-state index >= 15 is 0 Å². The topological polar surface area (TPSA) is 65.5 Å². The number of hydrogen-bond donors (Lipinski definition) is 1. The molecule has 2 heterocycles. The van der Waals surface area contributed by atoms with Gasteiger partial charge >= 0.3 is 0 Å². The van der Waals surface area contributed by atoms with Gasteiger partial charge in [0.1, 0.15) is 0 Å². The Morgan fingerprint density at radius 2 is 1.70 bits per heavy atom. The molecule has 1 saturated heterocycles. The van der Waals surface area contributed by atoms with Crippen LogP contribution in [0.3, 0.4) is 0 Å². The highest BCUT2D eigenvalue weighted by Crippen LogP contribution is 2.21. The molecule has 1 aromatic heterocycles. The van der Waals surface area contributed by atoms with Gasteiger partial charge in [-0.3, -0.25) is 14.6 Å². The molecule has 1 aliphatic heterocycles. The van der Waals surface area contributed by atoms with E-state index in [1.807, 2.05) is 54.4 Å². The van der Waals surface area contributed by atoms with Crippen molar-refractivity contribution in [2.24, 2.45) is 0 Å². The number of rotatable bonds is 6. The van der Waals surface area contributed by atoms with Crippen LogP contribution < -0.4 is 5.32 Å². The number of aromatic nitrogens is 1. The molecular weight excluding hydrogens is 340 g/mol. The van der Waals surface area contributed by atoms with Crippen molar-refractivity contribution >= 4 is 11.8 Å². The van der Waals surface area contributed by atoms with E-state index < -0.39 is 0 Å². The molecule has 3 rings (SSSR count). The monoisotopic (exact) mass is 366 g/mol. The van der Waals surface area contributed by atoms with Crippen molar-refractivity contribution in [2.75, 3.05) is 39.8 Å². The highest BCUT2D eigenvalue weighted by atomic mass is 16.2. The summed E-state index contributed by atoms with van der Waals surface area (Å²) in [5.74, 6) is -0.485. The number of likely N-dealkylation sites (N-methyl/N-ethyl adjacent to an activating group) is 1. The van der Waals surface area contributed by atoms with Gasteiger partial charge in [-0.2, -0.15) is 0 Å². The minimum atomic E-state index is -0.339. The average Bonchev–Trinajstić information content (AvgIpc) is 2.72. The molecule has 6 nitrogen and oxygen atoms in total. The van der Waals surface area contributed by atoms with Crippen molar-refractivity contribution in [1.82, 2.24) is 20.1 Å². The lowest BCUT2D eigenvalue weighted by atomic mass is 9.91. The summed E-state index contributed by atoms with van der Waals surface area (Å²) in [5, 5.41) is 2.85. The second-order valence-electron chi connectivity index (χ2n) is 6.92. The molecular formula is C21H26N4O2. The molecule has 0 radical (unpaired) electrons. The number of nitrogens with zero attached hydrogens (tertiary/aromatic N) is 3. The van der Waals surface area contributed by atoms with Gasteiger partial charge in [-0.05, 0) is 36.7 Å². The summed E-state index contributed by atoms with van der Waals surface area (Å²) in [6.07, 6.45) is 4.03. The van der Waals surface area contributed by atoms with E-state index in [1.54, 1.807) is 12.4 Å². The smallest absolute Gasteiger partial charge is 0.242 e. The van der Waals surface area contributed by atoms with Crippen molar-refractivity contribution in [2.45, 2.75) is 12.3 Å². The van der Waals surface area contributed by atoms with Crippen LogP contribution in [0, 0.1) is 0 Å². The number of hydrogen-bond acceptors (Lipinski definition) is 4. The molecule has 27 heavy (non-hydrogen) atoms. The predicted octanol–water partition coefficient (Wildman–Crippen LogP) is 1.30.